The zero-order valence-corrected chi connectivity index (χ0v) is 32.8. The summed E-state index contributed by atoms with van der Waals surface area (Å²) in [6.45, 7) is 9.76. The second-order valence-electron chi connectivity index (χ2n) is 12.4. The van der Waals surface area contributed by atoms with Crippen molar-refractivity contribution in [3.8, 4) is 0 Å². The number of nitrogens with zero attached hydrogens (tertiary/aromatic N) is 6. The van der Waals surface area contributed by atoms with Crippen LogP contribution in [0.2, 0.25) is 0 Å². The van der Waals surface area contributed by atoms with Crippen molar-refractivity contribution < 1.29 is 30.0 Å². The SMILES string of the molecule is O=C(O)/C=C/C(=O)O.OCCN1CCN(C2=Nc3ccccc3Sc3cscc32)CC1.OCCN1CCN(C2=Nc3ccccc3Sc3cscc32)CC1. The van der Waals surface area contributed by atoms with Crippen molar-refractivity contribution in [3.05, 3.63) is 93.3 Å². The van der Waals surface area contributed by atoms with E-state index in [9.17, 15) is 9.59 Å². The molecule has 0 bridgehead atoms. The molecule has 4 aliphatic heterocycles. The van der Waals surface area contributed by atoms with Gasteiger partial charge in [-0.1, -0.05) is 47.8 Å². The second kappa shape index (κ2) is 19.5. The molecule has 284 valence electrons. The van der Waals surface area contributed by atoms with Crippen LogP contribution in [0.5, 0.6) is 0 Å². The maximum Gasteiger partial charge on any atom is 0.328 e. The Labute approximate surface area is 330 Å². The lowest BCUT2D eigenvalue weighted by Crippen LogP contribution is -2.49. The highest BCUT2D eigenvalue weighted by atomic mass is 32.2. The van der Waals surface area contributed by atoms with E-state index in [0.717, 1.165) is 88.5 Å². The van der Waals surface area contributed by atoms with Crippen molar-refractivity contribution in [2.24, 2.45) is 9.98 Å². The van der Waals surface area contributed by atoms with Gasteiger partial charge in [0.25, 0.3) is 0 Å². The average Bonchev–Trinajstić information content (AvgIpc) is 3.77. The van der Waals surface area contributed by atoms with Crippen LogP contribution in [0.25, 0.3) is 0 Å². The second-order valence-corrected chi connectivity index (χ2v) is 16.1. The van der Waals surface area contributed by atoms with Crippen molar-refractivity contribution in [2.45, 2.75) is 19.6 Å². The van der Waals surface area contributed by atoms with E-state index in [1.165, 1.54) is 30.7 Å². The van der Waals surface area contributed by atoms with Gasteiger partial charge in [0.05, 0.1) is 24.6 Å². The molecule has 2 aromatic carbocycles. The number of β-amino-alcohol motifs (C(OH)–C–C–N with tert-alkyl or cyclic N) is 2. The Morgan fingerprint density at radius 1 is 0.574 bits per heavy atom. The van der Waals surface area contributed by atoms with Gasteiger partial charge in [-0.2, -0.15) is 22.7 Å². The molecule has 0 atom stereocenters. The molecule has 0 unspecified atom stereocenters. The number of aliphatic hydroxyl groups excluding tert-OH is 2. The molecular formula is C38H42N6O6S4. The number of carboxylic acid groups (broad SMARTS) is 2. The van der Waals surface area contributed by atoms with Gasteiger partial charge in [-0.3, -0.25) is 9.80 Å². The van der Waals surface area contributed by atoms with E-state index in [-0.39, 0.29) is 13.2 Å². The Hall–Kier alpha value is -4.00. The summed E-state index contributed by atoms with van der Waals surface area (Å²) in [5, 5.41) is 42.7. The highest BCUT2D eigenvalue weighted by molar-refractivity contribution is 8.00. The molecule has 2 saturated heterocycles. The van der Waals surface area contributed by atoms with E-state index in [1.54, 1.807) is 22.7 Å². The third-order valence-electron chi connectivity index (χ3n) is 8.90. The first-order chi connectivity index (χ1) is 26.3. The molecular weight excluding hydrogens is 765 g/mol. The Morgan fingerprint density at radius 3 is 1.33 bits per heavy atom. The van der Waals surface area contributed by atoms with E-state index < -0.39 is 11.9 Å². The number of benzene rings is 2. The molecule has 8 rings (SSSR count). The number of thiophene rings is 2. The third kappa shape index (κ3) is 10.4. The number of carbonyl (C=O) groups is 2. The predicted molar refractivity (Wildman–Crippen MR) is 217 cm³/mol. The zero-order valence-electron chi connectivity index (χ0n) is 29.5. The smallest absolute Gasteiger partial charge is 0.328 e. The van der Waals surface area contributed by atoms with E-state index in [2.05, 4.69) is 89.7 Å². The third-order valence-corrected chi connectivity index (χ3v) is 12.9. The number of hydrogen-bond acceptors (Lipinski definition) is 14. The fourth-order valence-electron chi connectivity index (χ4n) is 6.19. The number of aliphatic hydroxyl groups is 2. The van der Waals surface area contributed by atoms with E-state index >= 15 is 0 Å². The first kappa shape index (κ1) is 39.7. The highest BCUT2D eigenvalue weighted by Crippen LogP contribution is 2.43. The summed E-state index contributed by atoms with van der Waals surface area (Å²) in [7, 11) is 0. The lowest BCUT2D eigenvalue weighted by atomic mass is 10.2. The lowest BCUT2D eigenvalue weighted by molar-refractivity contribution is -0.134. The van der Waals surface area contributed by atoms with Crippen LogP contribution in [0.3, 0.4) is 0 Å². The van der Waals surface area contributed by atoms with Gasteiger partial charge >= 0.3 is 11.9 Å². The summed E-state index contributed by atoms with van der Waals surface area (Å²) in [6.07, 6.45) is 1.12. The van der Waals surface area contributed by atoms with Crippen molar-refractivity contribution in [3.63, 3.8) is 0 Å². The van der Waals surface area contributed by atoms with E-state index in [4.69, 9.17) is 30.4 Å². The molecule has 6 heterocycles. The van der Waals surface area contributed by atoms with Gasteiger partial charge in [0, 0.05) is 130 Å². The first-order valence-electron chi connectivity index (χ1n) is 17.5. The van der Waals surface area contributed by atoms with Crippen molar-refractivity contribution in [1.29, 1.82) is 0 Å². The van der Waals surface area contributed by atoms with Gasteiger partial charge in [-0.25, -0.2) is 19.6 Å². The summed E-state index contributed by atoms with van der Waals surface area (Å²) < 4.78 is 0. The number of aliphatic carboxylic acids is 2. The molecule has 0 radical (unpaired) electrons. The number of rotatable bonds is 6. The van der Waals surface area contributed by atoms with Crippen molar-refractivity contribution >= 4 is 81.2 Å². The minimum absolute atomic E-state index is 0.236. The lowest BCUT2D eigenvalue weighted by Gasteiger charge is -2.36. The fourth-order valence-corrected chi connectivity index (χ4v) is 10.2. The summed E-state index contributed by atoms with van der Waals surface area (Å²) in [6, 6.07) is 16.7. The zero-order chi connectivity index (χ0) is 37.9. The minimum Gasteiger partial charge on any atom is -0.478 e. The Balaban J connectivity index is 0.000000154. The Bertz CT molecular complexity index is 1840. The van der Waals surface area contributed by atoms with Crippen LogP contribution in [0, 0.1) is 0 Å². The Kier molecular flexibility index (Phi) is 14.4. The summed E-state index contributed by atoms with van der Waals surface area (Å²) in [5.41, 5.74) is 4.64. The molecule has 0 saturated carbocycles. The molecule has 54 heavy (non-hydrogen) atoms. The number of fused-ring (bicyclic) bond motifs is 4. The Morgan fingerprint density at radius 2 is 0.963 bits per heavy atom. The van der Waals surface area contributed by atoms with E-state index in [1.807, 2.05) is 23.5 Å². The van der Waals surface area contributed by atoms with Crippen LogP contribution < -0.4 is 0 Å². The molecule has 0 spiro atoms. The van der Waals surface area contributed by atoms with Gasteiger partial charge in [-0.05, 0) is 24.3 Å². The van der Waals surface area contributed by atoms with Gasteiger partial charge in [0.1, 0.15) is 11.7 Å². The minimum atomic E-state index is -1.26. The maximum absolute atomic E-state index is 9.55. The highest BCUT2D eigenvalue weighted by Gasteiger charge is 2.27. The molecule has 4 N–H and O–H groups in total. The molecule has 2 aromatic heterocycles. The average molecular weight is 807 g/mol. The summed E-state index contributed by atoms with van der Waals surface area (Å²) in [5.74, 6) is -0.315. The van der Waals surface area contributed by atoms with Gasteiger partial charge < -0.3 is 30.2 Å². The van der Waals surface area contributed by atoms with E-state index in [0.29, 0.717) is 12.2 Å². The molecule has 2 fully saturated rings. The molecule has 4 aromatic rings. The van der Waals surface area contributed by atoms with Crippen LogP contribution in [0.15, 0.2) is 112 Å². The number of hydrogen-bond donors (Lipinski definition) is 4. The molecule has 12 nitrogen and oxygen atoms in total. The van der Waals surface area contributed by atoms with Gasteiger partial charge in [-0.15, -0.1) is 0 Å². The molecule has 4 aliphatic rings. The number of para-hydroxylation sites is 2. The summed E-state index contributed by atoms with van der Waals surface area (Å²) >= 11 is 7.11. The van der Waals surface area contributed by atoms with Crippen LogP contribution >= 0.6 is 46.2 Å². The molecule has 16 heteroatoms. The maximum atomic E-state index is 9.55. The summed E-state index contributed by atoms with van der Waals surface area (Å²) in [4.78, 5) is 43.6. The van der Waals surface area contributed by atoms with Crippen LogP contribution in [-0.4, -0.2) is 142 Å². The predicted octanol–water partition coefficient (Wildman–Crippen LogP) is 5.51. The largest absolute Gasteiger partial charge is 0.478 e. The fraction of sp³-hybridized carbons (Fsp3) is 0.316. The normalized spacial score (nSPS) is 16.9. The quantitative estimate of drug-likeness (QED) is 0.182. The van der Waals surface area contributed by atoms with Crippen LogP contribution in [0.4, 0.5) is 11.4 Å². The number of amidine groups is 2. The monoisotopic (exact) mass is 806 g/mol. The number of carboxylic acids is 2. The van der Waals surface area contributed by atoms with Gasteiger partial charge in [0.2, 0.25) is 0 Å². The number of piperazine rings is 2. The van der Waals surface area contributed by atoms with Crippen molar-refractivity contribution in [1.82, 2.24) is 19.6 Å². The standard InChI is InChI=1S/2C17H19N3OS2.C4H4O4/c2*21-10-9-19-5-7-20(8-6-19)17-13-11-22-12-16(13)23-15-4-2-1-3-14(15)18-17;5-3(6)1-2-4(7)8/h2*1-4,11-12,21H,5-10H2;1-2H,(H,5,6)(H,7,8)/b;;2-1+. The van der Waals surface area contributed by atoms with Crippen LogP contribution in [-0.2, 0) is 9.59 Å². The van der Waals surface area contributed by atoms with Crippen LogP contribution in [0.1, 0.15) is 11.1 Å². The topological polar surface area (TPSA) is 153 Å². The van der Waals surface area contributed by atoms with Gasteiger partial charge in [0.15, 0.2) is 0 Å². The van der Waals surface area contributed by atoms with Crippen molar-refractivity contribution in [2.75, 3.05) is 78.7 Å². The number of aliphatic imine (C=N–C) groups is 2. The molecule has 0 aliphatic carbocycles. The first-order valence-corrected chi connectivity index (χ1v) is 21.0. The molecule has 0 amide bonds.